The van der Waals surface area contributed by atoms with Gasteiger partial charge in [0.15, 0.2) is 12.2 Å². The van der Waals surface area contributed by atoms with Crippen LogP contribution in [0.5, 0.6) is 11.5 Å². The lowest BCUT2D eigenvalue weighted by molar-refractivity contribution is 0.0181. The van der Waals surface area contributed by atoms with E-state index in [1.807, 2.05) is 30.3 Å². The Hall–Kier alpha value is -2.07. The molecule has 0 aliphatic carbocycles. The predicted molar refractivity (Wildman–Crippen MR) is 93.6 cm³/mol. The molecule has 2 aliphatic rings. The zero-order chi connectivity index (χ0) is 17.2. The van der Waals surface area contributed by atoms with E-state index in [0.717, 1.165) is 10.2 Å². The van der Waals surface area contributed by atoms with E-state index in [4.69, 9.17) is 24.2 Å². The monoisotopic (exact) mass is 401 g/mol. The summed E-state index contributed by atoms with van der Waals surface area (Å²) >= 11 is 3.41. The van der Waals surface area contributed by atoms with Gasteiger partial charge in [-0.1, -0.05) is 22.0 Å². The smallest absolute Gasteiger partial charge is 0.151 e. The average molecular weight is 402 g/mol. The summed E-state index contributed by atoms with van der Waals surface area (Å²) in [4.78, 5) is 0. The molecule has 0 unspecified atom stereocenters. The molecule has 0 aromatic heterocycles. The fourth-order valence-corrected chi connectivity index (χ4v) is 3.40. The Morgan fingerprint density at radius 1 is 0.920 bits per heavy atom. The Morgan fingerprint density at radius 3 is 2.20 bits per heavy atom. The lowest BCUT2D eigenvalue weighted by atomic mass is 10.1. The van der Waals surface area contributed by atoms with Gasteiger partial charge in [0, 0.05) is 4.47 Å². The van der Waals surface area contributed by atoms with Crippen molar-refractivity contribution in [3.05, 3.63) is 58.6 Å². The van der Waals surface area contributed by atoms with Crippen LogP contribution in [0.4, 0.5) is 0 Å². The highest BCUT2D eigenvalue weighted by atomic mass is 79.9. The zero-order valence-electron chi connectivity index (χ0n) is 13.3. The molecule has 2 fully saturated rings. The third-order valence-corrected chi connectivity index (χ3v) is 4.84. The van der Waals surface area contributed by atoms with Gasteiger partial charge in [-0.25, -0.2) is 0 Å². The minimum Gasteiger partial charge on any atom is -0.485 e. The molecule has 2 aromatic rings. The van der Waals surface area contributed by atoms with Gasteiger partial charge >= 0.3 is 0 Å². The molecule has 128 valence electrons. The van der Waals surface area contributed by atoms with Crippen molar-refractivity contribution >= 4 is 15.9 Å². The highest BCUT2D eigenvalue weighted by molar-refractivity contribution is 9.10. The summed E-state index contributed by atoms with van der Waals surface area (Å²) in [6.07, 6.45) is -0.707. The summed E-state index contributed by atoms with van der Waals surface area (Å²) in [5, 5.41) is 8.99. The third kappa shape index (κ3) is 3.49. The van der Waals surface area contributed by atoms with Gasteiger partial charge in [-0.05, 0) is 42.5 Å². The van der Waals surface area contributed by atoms with Crippen LogP contribution < -0.4 is 9.47 Å². The molecule has 4 rings (SSSR count). The van der Waals surface area contributed by atoms with E-state index < -0.39 is 0 Å². The van der Waals surface area contributed by atoms with Crippen molar-refractivity contribution in [2.75, 3.05) is 13.2 Å². The van der Waals surface area contributed by atoms with Crippen molar-refractivity contribution in [3.63, 3.8) is 0 Å². The van der Waals surface area contributed by atoms with Crippen LogP contribution in [0, 0.1) is 11.3 Å². The summed E-state index contributed by atoms with van der Waals surface area (Å²) in [7, 11) is 0. The van der Waals surface area contributed by atoms with Crippen LogP contribution >= 0.6 is 15.9 Å². The molecule has 5 nitrogen and oxygen atoms in total. The maximum absolute atomic E-state index is 8.99. The Morgan fingerprint density at radius 2 is 1.56 bits per heavy atom. The standard InChI is InChI=1S/C19H16BrNO4/c20-13-4-6-14(7-5-13)24-16-10-22-19-17(11-23-18(16)19)25-15-3-1-2-12(8-15)9-21/h1-8,16-19H,10-11H2/t16-,17+,18-,19-/m1/s1. The van der Waals surface area contributed by atoms with Gasteiger partial charge < -0.3 is 18.9 Å². The topological polar surface area (TPSA) is 60.7 Å². The number of fused-ring (bicyclic) bond motifs is 1. The molecule has 2 aromatic carbocycles. The van der Waals surface area contributed by atoms with Gasteiger partial charge in [0.2, 0.25) is 0 Å². The Kier molecular flexibility index (Phi) is 4.62. The lowest BCUT2D eigenvalue weighted by Crippen LogP contribution is -2.36. The highest BCUT2D eigenvalue weighted by Gasteiger charge is 2.50. The van der Waals surface area contributed by atoms with E-state index in [0.29, 0.717) is 24.5 Å². The fourth-order valence-electron chi connectivity index (χ4n) is 3.13. The SMILES string of the molecule is N#Cc1cccc(O[C@H]2CO[C@H]3[C@@H]2OC[C@H]3Oc2ccc(Br)cc2)c1. The van der Waals surface area contributed by atoms with Crippen molar-refractivity contribution in [2.24, 2.45) is 0 Å². The maximum atomic E-state index is 8.99. The van der Waals surface area contributed by atoms with E-state index in [1.54, 1.807) is 18.2 Å². The summed E-state index contributed by atoms with van der Waals surface area (Å²) < 4.78 is 24.8. The van der Waals surface area contributed by atoms with E-state index >= 15 is 0 Å². The number of rotatable bonds is 4. The molecule has 25 heavy (non-hydrogen) atoms. The second-order valence-electron chi connectivity index (χ2n) is 6.00. The number of benzene rings is 2. The van der Waals surface area contributed by atoms with Gasteiger partial charge in [0.1, 0.15) is 23.7 Å². The first kappa shape index (κ1) is 16.4. The molecule has 0 radical (unpaired) electrons. The van der Waals surface area contributed by atoms with Crippen molar-refractivity contribution in [3.8, 4) is 17.6 Å². The molecule has 6 heteroatoms. The minimum atomic E-state index is -0.211. The summed E-state index contributed by atoms with van der Waals surface area (Å²) in [6, 6.07) is 16.9. The van der Waals surface area contributed by atoms with Crippen LogP contribution in [0.2, 0.25) is 0 Å². The first-order valence-electron chi connectivity index (χ1n) is 8.05. The number of nitriles is 1. The second-order valence-corrected chi connectivity index (χ2v) is 6.92. The van der Waals surface area contributed by atoms with Crippen LogP contribution in [0.1, 0.15) is 5.56 Å². The van der Waals surface area contributed by atoms with Crippen molar-refractivity contribution in [1.82, 2.24) is 0 Å². The van der Waals surface area contributed by atoms with E-state index in [2.05, 4.69) is 22.0 Å². The van der Waals surface area contributed by atoms with Gasteiger partial charge in [-0.2, -0.15) is 5.26 Å². The van der Waals surface area contributed by atoms with Gasteiger partial charge in [0.05, 0.1) is 24.8 Å². The third-order valence-electron chi connectivity index (χ3n) is 4.31. The fraction of sp³-hybridized carbons (Fsp3) is 0.316. The van der Waals surface area contributed by atoms with Gasteiger partial charge in [-0.3, -0.25) is 0 Å². The van der Waals surface area contributed by atoms with Crippen LogP contribution in [-0.2, 0) is 9.47 Å². The molecule has 4 atom stereocenters. The summed E-state index contributed by atoms with van der Waals surface area (Å²) in [6.45, 7) is 0.899. The van der Waals surface area contributed by atoms with Crippen molar-refractivity contribution in [2.45, 2.75) is 24.4 Å². The van der Waals surface area contributed by atoms with E-state index in [-0.39, 0.29) is 24.4 Å². The number of nitrogens with zero attached hydrogens (tertiary/aromatic N) is 1. The van der Waals surface area contributed by atoms with Crippen molar-refractivity contribution in [1.29, 1.82) is 5.26 Å². The number of hydrogen-bond donors (Lipinski definition) is 0. The molecule has 0 spiro atoms. The van der Waals surface area contributed by atoms with Crippen LogP contribution in [0.3, 0.4) is 0 Å². The van der Waals surface area contributed by atoms with Crippen LogP contribution in [0.15, 0.2) is 53.0 Å². The minimum absolute atomic E-state index is 0.159. The van der Waals surface area contributed by atoms with Crippen molar-refractivity contribution < 1.29 is 18.9 Å². The molecule has 2 aliphatic heterocycles. The van der Waals surface area contributed by atoms with Crippen LogP contribution in [0.25, 0.3) is 0 Å². The molecule has 0 amide bonds. The molecule has 0 saturated carbocycles. The first-order chi connectivity index (χ1) is 12.2. The van der Waals surface area contributed by atoms with E-state index in [1.165, 1.54) is 0 Å². The number of halogens is 1. The quantitative estimate of drug-likeness (QED) is 0.786. The van der Waals surface area contributed by atoms with Crippen LogP contribution in [-0.4, -0.2) is 37.6 Å². The Labute approximate surface area is 154 Å². The normalized spacial score (nSPS) is 27.5. The Bertz CT molecular complexity index is 789. The van der Waals surface area contributed by atoms with Gasteiger partial charge in [0.25, 0.3) is 0 Å². The molecular formula is C19H16BrNO4. The molecule has 2 saturated heterocycles. The largest absolute Gasteiger partial charge is 0.485 e. The summed E-state index contributed by atoms with van der Waals surface area (Å²) in [5.74, 6) is 1.43. The van der Waals surface area contributed by atoms with E-state index in [9.17, 15) is 0 Å². The van der Waals surface area contributed by atoms with Gasteiger partial charge in [-0.15, -0.1) is 0 Å². The lowest BCUT2D eigenvalue weighted by Gasteiger charge is -2.18. The first-order valence-corrected chi connectivity index (χ1v) is 8.84. The zero-order valence-corrected chi connectivity index (χ0v) is 14.9. The average Bonchev–Trinajstić information content (AvgIpc) is 3.21. The second kappa shape index (κ2) is 7.04. The molecule has 2 heterocycles. The molecular weight excluding hydrogens is 386 g/mol. The predicted octanol–water partition coefficient (Wildman–Crippen LogP) is 3.31. The number of ether oxygens (including phenoxy) is 4. The number of hydrogen-bond acceptors (Lipinski definition) is 5. The molecule has 0 bridgehead atoms. The highest BCUT2D eigenvalue weighted by Crippen LogP contribution is 2.32. The maximum Gasteiger partial charge on any atom is 0.151 e. The Balaban J connectivity index is 1.41. The summed E-state index contributed by atoms with van der Waals surface area (Å²) in [5.41, 5.74) is 0.566. The molecule has 0 N–H and O–H groups in total.